The van der Waals surface area contributed by atoms with Crippen molar-refractivity contribution in [3.05, 3.63) is 66.4 Å². The van der Waals surface area contributed by atoms with E-state index in [0.717, 1.165) is 36.6 Å². The van der Waals surface area contributed by atoms with E-state index in [0.29, 0.717) is 18.1 Å². The zero-order valence-corrected chi connectivity index (χ0v) is 24.2. The Morgan fingerprint density at radius 2 is 1.26 bits per heavy atom. The Morgan fingerprint density at radius 3 is 1.84 bits per heavy atom. The zero-order valence-electron chi connectivity index (χ0n) is 24.2. The maximum atomic E-state index is 12.4. The third kappa shape index (κ3) is 14.3. The molecule has 1 N–H and O–H groups in total. The third-order valence-electron chi connectivity index (χ3n) is 6.98. The summed E-state index contributed by atoms with van der Waals surface area (Å²) >= 11 is 0. The molecule has 0 amide bonds. The van der Waals surface area contributed by atoms with Crippen LogP contribution in [0.25, 0.3) is 0 Å². The average Bonchev–Trinajstić information content (AvgIpc) is 2.95. The van der Waals surface area contributed by atoms with Crippen LogP contribution in [-0.4, -0.2) is 19.0 Å². The van der Waals surface area contributed by atoms with Gasteiger partial charge in [-0.3, -0.25) is 4.79 Å². The molecule has 0 spiro atoms. The minimum absolute atomic E-state index is 0.0478. The molecule has 0 aromatic heterocycles. The van der Waals surface area contributed by atoms with Crippen molar-refractivity contribution < 1.29 is 14.3 Å². The number of benzene rings is 2. The molecular weight excluding hydrogens is 470 g/mol. The molecule has 2 aromatic rings. The van der Waals surface area contributed by atoms with E-state index in [-0.39, 0.29) is 5.78 Å². The second-order valence-electron chi connectivity index (χ2n) is 10.5. The van der Waals surface area contributed by atoms with Gasteiger partial charge in [-0.15, -0.1) is 0 Å². The second-order valence-corrected chi connectivity index (χ2v) is 10.5. The normalized spacial score (nSPS) is 12.0. The first-order chi connectivity index (χ1) is 18.6. The smallest absolute Gasteiger partial charge is 0.187 e. The Morgan fingerprint density at radius 1 is 0.737 bits per heavy atom. The van der Waals surface area contributed by atoms with E-state index in [4.69, 9.17) is 9.47 Å². The largest absolute Gasteiger partial charge is 0.494 e. The lowest BCUT2D eigenvalue weighted by Crippen LogP contribution is -2.07. The number of anilines is 1. The van der Waals surface area contributed by atoms with Gasteiger partial charge in [0.05, 0.1) is 13.2 Å². The molecule has 0 aliphatic rings. The van der Waals surface area contributed by atoms with Gasteiger partial charge < -0.3 is 14.8 Å². The Hall–Kier alpha value is -2.75. The first kappa shape index (κ1) is 31.5. The molecule has 2 aromatic carbocycles. The van der Waals surface area contributed by atoms with E-state index in [9.17, 15) is 4.79 Å². The topological polar surface area (TPSA) is 47.6 Å². The molecule has 0 aliphatic heterocycles. The van der Waals surface area contributed by atoms with Crippen molar-refractivity contribution in [3.8, 4) is 11.5 Å². The number of nitrogens with one attached hydrogen (secondary N) is 1. The molecule has 0 saturated carbocycles. The van der Waals surface area contributed by atoms with Gasteiger partial charge in [-0.1, -0.05) is 97.8 Å². The standard InChI is InChI=1S/C34H51NO3/c1-4-6-7-8-9-10-11-12-13-14-15-16-27-37-32-23-19-31(20-24-32)35-26-25-34(36)30-17-21-33(22-18-30)38-28-29(3)5-2/h17-26,29,35H,4-16,27-28H2,1-3H3/b26-25+/t29-/m1/s1. The molecule has 2 rings (SSSR count). The fourth-order valence-electron chi connectivity index (χ4n) is 4.16. The van der Waals surface area contributed by atoms with Crippen molar-refractivity contribution in [2.24, 2.45) is 5.92 Å². The van der Waals surface area contributed by atoms with Crippen molar-refractivity contribution in [1.82, 2.24) is 0 Å². The van der Waals surface area contributed by atoms with Crippen LogP contribution < -0.4 is 14.8 Å². The molecule has 0 heterocycles. The Labute approximate surface area is 232 Å². The van der Waals surface area contributed by atoms with Gasteiger partial charge in [0.25, 0.3) is 0 Å². The first-order valence-electron chi connectivity index (χ1n) is 15.1. The van der Waals surface area contributed by atoms with Gasteiger partial charge in [-0.25, -0.2) is 0 Å². The lowest BCUT2D eigenvalue weighted by atomic mass is 10.1. The maximum absolute atomic E-state index is 12.4. The summed E-state index contributed by atoms with van der Waals surface area (Å²) in [5.74, 6) is 2.15. The summed E-state index contributed by atoms with van der Waals surface area (Å²) in [4.78, 5) is 12.4. The van der Waals surface area contributed by atoms with E-state index >= 15 is 0 Å². The molecule has 38 heavy (non-hydrogen) atoms. The van der Waals surface area contributed by atoms with Crippen molar-refractivity contribution >= 4 is 11.5 Å². The fourth-order valence-corrected chi connectivity index (χ4v) is 4.16. The number of allylic oxidation sites excluding steroid dienone is 1. The van der Waals surface area contributed by atoms with Crippen LogP contribution in [0.15, 0.2) is 60.8 Å². The molecule has 0 bridgehead atoms. The van der Waals surface area contributed by atoms with Crippen LogP contribution in [0.4, 0.5) is 5.69 Å². The van der Waals surface area contributed by atoms with Gasteiger partial charge in [0, 0.05) is 23.5 Å². The average molecular weight is 522 g/mol. The number of carbonyl (C=O) groups is 1. The number of hydrogen-bond donors (Lipinski definition) is 1. The quantitative estimate of drug-likeness (QED) is 0.0951. The van der Waals surface area contributed by atoms with E-state index in [1.165, 1.54) is 70.6 Å². The van der Waals surface area contributed by atoms with Crippen LogP contribution in [0.5, 0.6) is 11.5 Å². The molecule has 1 atom stereocenters. The molecular formula is C34H51NO3. The molecule has 0 aliphatic carbocycles. The monoisotopic (exact) mass is 521 g/mol. The van der Waals surface area contributed by atoms with Crippen LogP contribution >= 0.6 is 0 Å². The number of carbonyl (C=O) groups excluding carboxylic acids is 1. The highest BCUT2D eigenvalue weighted by Gasteiger charge is 2.04. The first-order valence-corrected chi connectivity index (χ1v) is 15.1. The van der Waals surface area contributed by atoms with Gasteiger partial charge in [0.2, 0.25) is 0 Å². The molecule has 0 saturated heterocycles. The summed E-state index contributed by atoms with van der Waals surface area (Å²) in [6, 6.07) is 15.2. The lowest BCUT2D eigenvalue weighted by molar-refractivity contribution is 0.104. The molecule has 4 nitrogen and oxygen atoms in total. The van der Waals surface area contributed by atoms with Crippen molar-refractivity contribution in [3.63, 3.8) is 0 Å². The van der Waals surface area contributed by atoms with Gasteiger partial charge >= 0.3 is 0 Å². The summed E-state index contributed by atoms with van der Waals surface area (Å²) in [5.41, 5.74) is 1.56. The van der Waals surface area contributed by atoms with Crippen LogP contribution in [-0.2, 0) is 0 Å². The predicted octanol–water partition coefficient (Wildman–Crippen LogP) is 10.00. The van der Waals surface area contributed by atoms with Crippen molar-refractivity contribution in [1.29, 1.82) is 0 Å². The van der Waals surface area contributed by atoms with Gasteiger partial charge in [0.15, 0.2) is 5.78 Å². The SMILES string of the molecule is CCCCCCCCCCCCCCOc1ccc(N/C=C/C(=O)c2ccc(OC[C@H](C)CC)cc2)cc1. The third-order valence-corrected chi connectivity index (χ3v) is 6.98. The number of hydrogen-bond acceptors (Lipinski definition) is 4. The van der Waals surface area contributed by atoms with E-state index in [1.54, 1.807) is 24.4 Å². The van der Waals surface area contributed by atoms with Crippen molar-refractivity contribution in [2.75, 3.05) is 18.5 Å². The summed E-state index contributed by atoms with van der Waals surface area (Å²) < 4.78 is 11.6. The maximum Gasteiger partial charge on any atom is 0.187 e. The van der Waals surface area contributed by atoms with Gasteiger partial charge in [-0.2, -0.15) is 0 Å². The van der Waals surface area contributed by atoms with Crippen LogP contribution in [0.2, 0.25) is 0 Å². The minimum Gasteiger partial charge on any atom is -0.494 e. The number of rotatable bonds is 22. The Bertz CT molecular complexity index is 889. The highest BCUT2D eigenvalue weighted by Crippen LogP contribution is 2.18. The molecule has 0 unspecified atom stereocenters. The molecule has 0 fully saturated rings. The van der Waals surface area contributed by atoms with E-state index in [2.05, 4.69) is 26.1 Å². The van der Waals surface area contributed by atoms with E-state index < -0.39 is 0 Å². The lowest BCUT2D eigenvalue weighted by Gasteiger charge is -2.10. The van der Waals surface area contributed by atoms with Crippen LogP contribution in [0.3, 0.4) is 0 Å². The van der Waals surface area contributed by atoms with Crippen LogP contribution in [0.1, 0.15) is 115 Å². The second kappa shape index (κ2) is 20.2. The summed E-state index contributed by atoms with van der Waals surface area (Å²) in [7, 11) is 0. The van der Waals surface area contributed by atoms with Crippen LogP contribution in [0, 0.1) is 5.92 Å². The fraction of sp³-hybridized carbons (Fsp3) is 0.559. The number of ether oxygens (including phenoxy) is 2. The number of unbranched alkanes of at least 4 members (excludes halogenated alkanes) is 11. The van der Waals surface area contributed by atoms with Gasteiger partial charge in [0.1, 0.15) is 11.5 Å². The Balaban J connectivity index is 1.54. The Kier molecular flexibility index (Phi) is 16.8. The van der Waals surface area contributed by atoms with Gasteiger partial charge in [-0.05, 0) is 60.9 Å². The molecule has 4 heteroatoms. The molecule has 210 valence electrons. The summed E-state index contributed by atoms with van der Waals surface area (Å²) in [6.07, 6.45) is 20.5. The minimum atomic E-state index is -0.0478. The summed E-state index contributed by atoms with van der Waals surface area (Å²) in [6.45, 7) is 8.05. The predicted molar refractivity (Wildman–Crippen MR) is 162 cm³/mol. The highest BCUT2D eigenvalue weighted by molar-refractivity contribution is 6.04. The summed E-state index contributed by atoms with van der Waals surface area (Å²) in [5, 5.41) is 3.16. The van der Waals surface area contributed by atoms with E-state index in [1.807, 2.05) is 36.4 Å². The zero-order chi connectivity index (χ0) is 27.3. The number of ketones is 1. The molecule has 0 radical (unpaired) electrons. The van der Waals surface area contributed by atoms with Crippen molar-refractivity contribution in [2.45, 2.75) is 104 Å². The highest BCUT2D eigenvalue weighted by atomic mass is 16.5.